The molecule has 3 rings (SSSR count). The molecule has 140 valence electrons. The number of aromatic nitrogens is 1. The third-order valence-electron chi connectivity index (χ3n) is 4.25. The molecule has 2 N–H and O–H groups in total. The van der Waals surface area contributed by atoms with Crippen molar-refractivity contribution < 1.29 is 19.8 Å². The molecule has 1 saturated heterocycles. The van der Waals surface area contributed by atoms with Crippen molar-refractivity contribution in [2.45, 2.75) is 12.5 Å². The number of amides is 1. The summed E-state index contributed by atoms with van der Waals surface area (Å²) >= 11 is 12.1. The number of hydrogen-bond acceptors (Lipinski definition) is 5. The molecule has 2 aromatic rings. The molecule has 2 heterocycles. The number of carbonyl (C=O) groups excluding carboxylic acids is 2. The Hall–Kier alpha value is -2.41. The lowest BCUT2D eigenvalue weighted by Gasteiger charge is -2.24. The highest BCUT2D eigenvalue weighted by molar-refractivity contribution is 6.47. The van der Waals surface area contributed by atoms with Gasteiger partial charge < -0.3 is 15.1 Å². The summed E-state index contributed by atoms with van der Waals surface area (Å²) in [5, 5.41) is 20.5. The summed E-state index contributed by atoms with van der Waals surface area (Å²) in [5.41, 5.74) is 0.532. The lowest BCUT2D eigenvalue weighted by atomic mass is 9.98. The van der Waals surface area contributed by atoms with E-state index in [-0.39, 0.29) is 35.7 Å². The zero-order valence-electron chi connectivity index (χ0n) is 14.1. The minimum atomic E-state index is -0.871. The molecule has 1 fully saturated rings. The highest BCUT2D eigenvalue weighted by atomic mass is 35.5. The van der Waals surface area contributed by atoms with Crippen LogP contribution in [0, 0.1) is 0 Å². The molecule has 6 nitrogen and oxygen atoms in total. The molecule has 1 aromatic carbocycles. The largest absolute Gasteiger partial charge is 0.507 e. The van der Waals surface area contributed by atoms with E-state index in [0.29, 0.717) is 10.7 Å². The van der Waals surface area contributed by atoms with E-state index >= 15 is 0 Å². The number of nitrogens with zero attached hydrogens (tertiary/aromatic N) is 2. The van der Waals surface area contributed by atoms with Gasteiger partial charge in [0.15, 0.2) is 0 Å². The van der Waals surface area contributed by atoms with Crippen LogP contribution in [0.25, 0.3) is 5.76 Å². The van der Waals surface area contributed by atoms with Gasteiger partial charge in [-0.2, -0.15) is 0 Å². The number of ketones is 1. The van der Waals surface area contributed by atoms with Gasteiger partial charge in [-0.05, 0) is 36.8 Å². The standard InChI is InChI=1S/C19H16Cl2N2O4/c20-11-5-6-12(13(21)10-11)17(25)15-16(14-4-1-2-7-22-14)23(8-3-9-24)19(27)18(15)26/h1-2,4-7,10,16,24-25H,3,8-9H2/t16-/m0/s1. The number of Topliss-reactive ketones (excluding diaryl/α,β-unsaturated/α-hetero) is 1. The lowest BCUT2D eigenvalue weighted by molar-refractivity contribution is -0.140. The van der Waals surface area contributed by atoms with E-state index in [9.17, 15) is 14.7 Å². The molecule has 0 saturated carbocycles. The van der Waals surface area contributed by atoms with E-state index in [1.807, 2.05) is 0 Å². The number of rotatable bonds is 5. The van der Waals surface area contributed by atoms with Crippen molar-refractivity contribution >= 4 is 40.7 Å². The molecular formula is C19H16Cl2N2O4. The summed E-state index contributed by atoms with van der Waals surface area (Å²) in [7, 11) is 0. The van der Waals surface area contributed by atoms with E-state index in [1.165, 1.54) is 29.3 Å². The molecule has 0 aliphatic carbocycles. The first-order valence-electron chi connectivity index (χ1n) is 8.21. The first-order valence-corrected chi connectivity index (χ1v) is 8.97. The Kier molecular flexibility index (Phi) is 5.79. The van der Waals surface area contributed by atoms with Gasteiger partial charge in [-0.3, -0.25) is 14.6 Å². The van der Waals surface area contributed by atoms with Crippen molar-refractivity contribution in [1.82, 2.24) is 9.88 Å². The van der Waals surface area contributed by atoms with Crippen LogP contribution in [0.4, 0.5) is 0 Å². The van der Waals surface area contributed by atoms with Crippen LogP contribution in [0.1, 0.15) is 23.7 Å². The van der Waals surface area contributed by atoms with Gasteiger partial charge in [-0.1, -0.05) is 29.3 Å². The molecule has 1 atom stereocenters. The van der Waals surface area contributed by atoms with E-state index in [0.717, 1.165) is 0 Å². The highest BCUT2D eigenvalue weighted by Crippen LogP contribution is 2.40. The molecular weight excluding hydrogens is 391 g/mol. The molecule has 0 spiro atoms. The molecule has 0 radical (unpaired) electrons. The van der Waals surface area contributed by atoms with Gasteiger partial charge in [0.1, 0.15) is 11.8 Å². The molecule has 1 amide bonds. The molecule has 1 aliphatic rings. The Bertz CT molecular complexity index is 915. The minimum absolute atomic E-state index is 0.0964. The Morgan fingerprint density at radius 1 is 1.19 bits per heavy atom. The maximum absolute atomic E-state index is 12.7. The molecule has 27 heavy (non-hydrogen) atoms. The second-order valence-corrected chi connectivity index (χ2v) is 6.79. The van der Waals surface area contributed by atoms with Crippen LogP contribution in [-0.2, 0) is 9.59 Å². The monoisotopic (exact) mass is 406 g/mol. The zero-order valence-corrected chi connectivity index (χ0v) is 15.6. The summed E-state index contributed by atoms with van der Waals surface area (Å²) in [6, 6.07) is 8.68. The summed E-state index contributed by atoms with van der Waals surface area (Å²) < 4.78 is 0. The maximum atomic E-state index is 12.7. The summed E-state index contributed by atoms with van der Waals surface area (Å²) in [6.45, 7) is 0.00833. The van der Waals surface area contributed by atoms with E-state index in [1.54, 1.807) is 18.2 Å². The first kappa shape index (κ1) is 19.4. The minimum Gasteiger partial charge on any atom is -0.507 e. The smallest absolute Gasteiger partial charge is 0.295 e. The van der Waals surface area contributed by atoms with Crippen molar-refractivity contribution in [3.8, 4) is 0 Å². The van der Waals surface area contributed by atoms with Crippen LogP contribution in [0.3, 0.4) is 0 Å². The van der Waals surface area contributed by atoms with Crippen molar-refractivity contribution in [2.75, 3.05) is 13.2 Å². The van der Waals surface area contributed by atoms with Crippen molar-refractivity contribution in [3.05, 3.63) is 69.5 Å². The van der Waals surface area contributed by atoms with Gasteiger partial charge in [-0.15, -0.1) is 0 Å². The molecule has 1 aliphatic heterocycles. The third kappa shape index (κ3) is 3.69. The average molecular weight is 407 g/mol. The summed E-state index contributed by atoms with van der Waals surface area (Å²) in [6.07, 6.45) is 1.83. The Morgan fingerprint density at radius 2 is 1.96 bits per heavy atom. The second kappa shape index (κ2) is 8.08. The normalized spacial score (nSPS) is 18.9. The number of likely N-dealkylation sites (tertiary alicyclic amines) is 1. The molecule has 1 aromatic heterocycles. The van der Waals surface area contributed by atoms with Crippen LogP contribution in [0.2, 0.25) is 10.0 Å². The first-order chi connectivity index (χ1) is 13.0. The van der Waals surface area contributed by atoms with Crippen LogP contribution in [0.15, 0.2) is 48.2 Å². The highest BCUT2D eigenvalue weighted by Gasteiger charge is 2.46. The predicted octanol–water partition coefficient (Wildman–Crippen LogP) is 3.19. The number of aliphatic hydroxyl groups excluding tert-OH is 2. The number of benzene rings is 1. The SMILES string of the molecule is O=C1C(=O)N(CCCO)[C@@H](c2ccccn2)C1=C(O)c1ccc(Cl)cc1Cl. The molecule has 0 unspecified atom stereocenters. The average Bonchev–Trinajstić information content (AvgIpc) is 2.91. The second-order valence-electron chi connectivity index (χ2n) is 5.95. The van der Waals surface area contributed by atoms with Gasteiger partial charge >= 0.3 is 0 Å². The summed E-state index contributed by atoms with van der Waals surface area (Å²) in [5.74, 6) is -1.98. The van der Waals surface area contributed by atoms with E-state index in [4.69, 9.17) is 28.3 Å². The molecule has 8 heteroatoms. The van der Waals surface area contributed by atoms with Gasteiger partial charge in [0, 0.05) is 29.9 Å². The van der Waals surface area contributed by atoms with Gasteiger partial charge in [-0.25, -0.2) is 0 Å². The van der Waals surface area contributed by atoms with Gasteiger partial charge in [0.2, 0.25) is 0 Å². The Labute approximate surface area is 165 Å². The lowest BCUT2D eigenvalue weighted by Crippen LogP contribution is -2.31. The topological polar surface area (TPSA) is 90.7 Å². The number of carbonyl (C=O) groups is 2. The molecule has 0 bridgehead atoms. The fourth-order valence-electron chi connectivity index (χ4n) is 3.02. The van der Waals surface area contributed by atoms with Gasteiger partial charge in [0.05, 0.1) is 16.3 Å². The van der Waals surface area contributed by atoms with Crippen molar-refractivity contribution in [3.63, 3.8) is 0 Å². The van der Waals surface area contributed by atoms with Crippen molar-refractivity contribution in [2.24, 2.45) is 0 Å². The number of pyridine rings is 1. The quantitative estimate of drug-likeness (QED) is 0.451. The number of aliphatic hydroxyl groups is 2. The number of halogens is 2. The van der Waals surface area contributed by atoms with E-state index < -0.39 is 23.5 Å². The van der Waals surface area contributed by atoms with Crippen LogP contribution >= 0.6 is 23.2 Å². The third-order valence-corrected chi connectivity index (χ3v) is 4.80. The van der Waals surface area contributed by atoms with Gasteiger partial charge in [0.25, 0.3) is 11.7 Å². The van der Waals surface area contributed by atoms with Crippen LogP contribution < -0.4 is 0 Å². The summed E-state index contributed by atoms with van der Waals surface area (Å²) in [4.78, 5) is 30.8. The zero-order chi connectivity index (χ0) is 19.6. The Balaban J connectivity index is 2.18. The van der Waals surface area contributed by atoms with Crippen LogP contribution in [0.5, 0.6) is 0 Å². The van der Waals surface area contributed by atoms with Crippen molar-refractivity contribution in [1.29, 1.82) is 0 Å². The fourth-order valence-corrected chi connectivity index (χ4v) is 3.52. The predicted molar refractivity (Wildman–Crippen MR) is 101 cm³/mol. The number of hydrogen-bond donors (Lipinski definition) is 2. The maximum Gasteiger partial charge on any atom is 0.295 e. The fraction of sp³-hybridized carbons (Fsp3) is 0.211. The van der Waals surface area contributed by atoms with Crippen LogP contribution in [-0.4, -0.2) is 44.9 Å². The Morgan fingerprint density at radius 3 is 2.59 bits per heavy atom. The van der Waals surface area contributed by atoms with E-state index in [2.05, 4.69) is 4.98 Å².